The van der Waals surface area contributed by atoms with Crippen molar-refractivity contribution in [2.75, 3.05) is 57.3 Å². The molecule has 0 aliphatic carbocycles. The van der Waals surface area contributed by atoms with Gasteiger partial charge in [-0.1, -0.05) is 0 Å². The molecular formula is C22H37N7O2. The van der Waals surface area contributed by atoms with E-state index in [0.717, 1.165) is 64.0 Å². The minimum atomic E-state index is -0.465. The molecule has 3 rings (SSSR count). The summed E-state index contributed by atoms with van der Waals surface area (Å²) in [5, 5.41) is 3.43. The Morgan fingerprint density at radius 3 is 2.52 bits per heavy atom. The van der Waals surface area contributed by atoms with Gasteiger partial charge in [0.2, 0.25) is 5.95 Å². The Kier molecular flexibility index (Phi) is 7.92. The Labute approximate surface area is 185 Å². The molecule has 0 bridgehead atoms. The minimum Gasteiger partial charge on any atom is -0.444 e. The fraction of sp³-hybridized carbons (Fsp3) is 0.727. The summed E-state index contributed by atoms with van der Waals surface area (Å²) in [5.74, 6) is 2.09. The molecule has 9 nitrogen and oxygen atoms in total. The molecule has 2 aliphatic rings. The van der Waals surface area contributed by atoms with Crippen molar-refractivity contribution < 1.29 is 9.53 Å². The number of anilines is 1. The second kappa shape index (κ2) is 10.6. The molecule has 172 valence electrons. The number of aliphatic imine (C=N–C) groups is 1. The summed E-state index contributed by atoms with van der Waals surface area (Å²) in [6.45, 7) is 14.3. The number of amides is 1. The lowest BCUT2D eigenvalue weighted by Gasteiger charge is -2.37. The van der Waals surface area contributed by atoms with Crippen LogP contribution in [0.15, 0.2) is 23.5 Å². The van der Waals surface area contributed by atoms with Gasteiger partial charge in [-0.15, -0.1) is 0 Å². The predicted octanol–water partition coefficient (Wildman–Crippen LogP) is 2.21. The molecule has 31 heavy (non-hydrogen) atoms. The van der Waals surface area contributed by atoms with Gasteiger partial charge in [0, 0.05) is 64.8 Å². The second-order valence-corrected chi connectivity index (χ2v) is 9.15. The van der Waals surface area contributed by atoms with Crippen molar-refractivity contribution in [1.29, 1.82) is 0 Å². The van der Waals surface area contributed by atoms with E-state index in [1.807, 2.05) is 31.7 Å². The Hall–Kier alpha value is -2.58. The van der Waals surface area contributed by atoms with Crippen LogP contribution in [0.2, 0.25) is 0 Å². The smallest absolute Gasteiger partial charge is 0.410 e. The number of likely N-dealkylation sites (tertiary alicyclic amines) is 1. The van der Waals surface area contributed by atoms with Crippen molar-refractivity contribution in [3.63, 3.8) is 0 Å². The van der Waals surface area contributed by atoms with Crippen LogP contribution in [0.4, 0.5) is 10.7 Å². The third-order valence-electron chi connectivity index (χ3n) is 5.42. The van der Waals surface area contributed by atoms with Crippen LogP contribution in [0.25, 0.3) is 0 Å². The summed E-state index contributed by atoms with van der Waals surface area (Å²) in [5.41, 5.74) is -0.465. The van der Waals surface area contributed by atoms with Crippen molar-refractivity contribution in [2.24, 2.45) is 10.9 Å². The molecule has 0 spiro atoms. The highest BCUT2D eigenvalue weighted by Gasteiger charge is 2.28. The quantitative estimate of drug-likeness (QED) is 0.578. The molecule has 9 heteroatoms. The summed E-state index contributed by atoms with van der Waals surface area (Å²) in [7, 11) is 0. The first-order valence-corrected chi connectivity index (χ1v) is 11.4. The Morgan fingerprint density at radius 1 is 1.16 bits per heavy atom. The minimum absolute atomic E-state index is 0.215. The maximum atomic E-state index is 12.4. The van der Waals surface area contributed by atoms with Crippen LogP contribution in [-0.4, -0.2) is 89.8 Å². The highest BCUT2D eigenvalue weighted by Crippen LogP contribution is 2.20. The SMILES string of the molecule is CCNC(=NCC1CCCN(C(=O)OC(C)(C)C)C1)N1CCN(c2ncccn2)CC1. The number of carbonyl (C=O) groups is 1. The lowest BCUT2D eigenvalue weighted by atomic mass is 9.98. The van der Waals surface area contributed by atoms with Gasteiger partial charge in [0.25, 0.3) is 0 Å². The maximum Gasteiger partial charge on any atom is 0.410 e. The lowest BCUT2D eigenvalue weighted by Crippen LogP contribution is -2.53. The van der Waals surface area contributed by atoms with Gasteiger partial charge in [0.05, 0.1) is 0 Å². The number of hydrogen-bond donors (Lipinski definition) is 1. The van der Waals surface area contributed by atoms with E-state index in [-0.39, 0.29) is 6.09 Å². The summed E-state index contributed by atoms with van der Waals surface area (Å²) in [6.07, 6.45) is 5.43. The van der Waals surface area contributed by atoms with E-state index >= 15 is 0 Å². The molecule has 0 saturated carbocycles. The molecule has 1 unspecified atom stereocenters. The van der Waals surface area contributed by atoms with E-state index in [1.165, 1.54) is 0 Å². The van der Waals surface area contributed by atoms with E-state index in [0.29, 0.717) is 19.0 Å². The van der Waals surface area contributed by atoms with E-state index in [4.69, 9.17) is 9.73 Å². The van der Waals surface area contributed by atoms with Crippen LogP contribution in [-0.2, 0) is 4.74 Å². The number of piperazine rings is 1. The van der Waals surface area contributed by atoms with E-state index < -0.39 is 5.60 Å². The molecular weight excluding hydrogens is 394 g/mol. The van der Waals surface area contributed by atoms with Crippen LogP contribution in [0.1, 0.15) is 40.5 Å². The van der Waals surface area contributed by atoms with Gasteiger partial charge in [-0.05, 0) is 52.5 Å². The number of guanidine groups is 1. The van der Waals surface area contributed by atoms with Crippen molar-refractivity contribution in [3.8, 4) is 0 Å². The highest BCUT2D eigenvalue weighted by atomic mass is 16.6. The Bertz CT molecular complexity index is 727. The number of piperidine rings is 1. The fourth-order valence-electron chi connectivity index (χ4n) is 3.92. The molecule has 1 N–H and O–H groups in total. The van der Waals surface area contributed by atoms with Crippen LogP contribution in [0.5, 0.6) is 0 Å². The molecule has 1 aromatic rings. The largest absolute Gasteiger partial charge is 0.444 e. The average Bonchev–Trinajstić information content (AvgIpc) is 2.76. The summed E-state index contributed by atoms with van der Waals surface area (Å²) >= 11 is 0. The number of nitrogens with zero attached hydrogens (tertiary/aromatic N) is 6. The first-order valence-electron chi connectivity index (χ1n) is 11.4. The number of rotatable bonds is 4. The van der Waals surface area contributed by atoms with Crippen molar-refractivity contribution in [2.45, 2.75) is 46.1 Å². The number of nitrogens with one attached hydrogen (secondary N) is 1. The summed E-state index contributed by atoms with van der Waals surface area (Å²) in [6, 6.07) is 1.84. The molecule has 1 amide bonds. The van der Waals surface area contributed by atoms with E-state index in [2.05, 4.69) is 32.0 Å². The molecule has 0 radical (unpaired) electrons. The third kappa shape index (κ3) is 6.97. The van der Waals surface area contributed by atoms with Gasteiger partial charge in [-0.3, -0.25) is 4.99 Å². The Morgan fingerprint density at radius 2 is 1.87 bits per heavy atom. The second-order valence-electron chi connectivity index (χ2n) is 9.15. The van der Waals surface area contributed by atoms with Gasteiger partial charge in [-0.25, -0.2) is 14.8 Å². The van der Waals surface area contributed by atoms with Crippen LogP contribution < -0.4 is 10.2 Å². The maximum absolute atomic E-state index is 12.4. The zero-order valence-corrected chi connectivity index (χ0v) is 19.4. The van der Waals surface area contributed by atoms with Crippen molar-refractivity contribution >= 4 is 18.0 Å². The van der Waals surface area contributed by atoms with Gasteiger partial charge < -0.3 is 24.8 Å². The van der Waals surface area contributed by atoms with Gasteiger partial charge in [0.1, 0.15) is 5.60 Å². The topological polar surface area (TPSA) is 86.2 Å². The van der Waals surface area contributed by atoms with Gasteiger partial charge in [-0.2, -0.15) is 0 Å². The fourth-order valence-corrected chi connectivity index (χ4v) is 3.92. The van der Waals surface area contributed by atoms with Crippen molar-refractivity contribution in [3.05, 3.63) is 18.5 Å². The Balaban J connectivity index is 1.54. The predicted molar refractivity (Wildman–Crippen MR) is 122 cm³/mol. The number of ether oxygens (including phenoxy) is 1. The normalized spacial score (nSPS) is 20.6. The first-order chi connectivity index (χ1) is 14.9. The molecule has 2 aliphatic heterocycles. The van der Waals surface area contributed by atoms with E-state index in [9.17, 15) is 4.79 Å². The molecule has 0 aromatic carbocycles. The zero-order valence-electron chi connectivity index (χ0n) is 19.4. The van der Waals surface area contributed by atoms with Crippen LogP contribution in [0.3, 0.4) is 0 Å². The zero-order chi connectivity index (χ0) is 22.3. The highest BCUT2D eigenvalue weighted by molar-refractivity contribution is 5.80. The van der Waals surface area contributed by atoms with Crippen LogP contribution in [0, 0.1) is 5.92 Å². The number of aromatic nitrogens is 2. The summed E-state index contributed by atoms with van der Waals surface area (Å²) in [4.78, 5) is 32.4. The van der Waals surface area contributed by atoms with E-state index in [1.54, 1.807) is 12.4 Å². The van der Waals surface area contributed by atoms with Crippen molar-refractivity contribution in [1.82, 2.24) is 25.1 Å². The monoisotopic (exact) mass is 431 g/mol. The van der Waals surface area contributed by atoms with Crippen LogP contribution >= 0.6 is 0 Å². The summed E-state index contributed by atoms with van der Waals surface area (Å²) < 4.78 is 5.55. The first kappa shape index (κ1) is 23.1. The third-order valence-corrected chi connectivity index (χ3v) is 5.42. The molecule has 1 aromatic heterocycles. The molecule has 1 atom stereocenters. The average molecular weight is 432 g/mol. The van der Waals surface area contributed by atoms with Gasteiger partial charge in [0.15, 0.2) is 5.96 Å². The van der Waals surface area contributed by atoms with Gasteiger partial charge >= 0.3 is 6.09 Å². The lowest BCUT2D eigenvalue weighted by molar-refractivity contribution is 0.0170. The number of carbonyl (C=O) groups excluding carboxylic acids is 1. The molecule has 2 saturated heterocycles. The molecule has 2 fully saturated rings. The number of hydrogen-bond acceptors (Lipinski definition) is 6. The molecule has 3 heterocycles. The standard InChI is InChI=1S/C22H37N7O2/c1-5-23-19(27-12-14-28(15-13-27)20-24-9-7-10-25-20)26-16-18-8-6-11-29(17-18)21(30)31-22(2,3)4/h7,9-10,18H,5-6,8,11-17H2,1-4H3,(H,23,26).